The molecule has 0 unspecified atom stereocenters. The molecular weight excluding hydrogens is 418 g/mol. The third kappa shape index (κ3) is 5.95. The van der Waals surface area contributed by atoms with E-state index >= 15 is 0 Å². The van der Waals surface area contributed by atoms with Gasteiger partial charge in [0, 0.05) is 17.3 Å². The summed E-state index contributed by atoms with van der Waals surface area (Å²) in [5.41, 5.74) is 3.23. The second-order valence-corrected chi connectivity index (χ2v) is 6.94. The van der Waals surface area contributed by atoms with Crippen molar-refractivity contribution in [2.75, 3.05) is 33.8 Å². The molecule has 33 heavy (non-hydrogen) atoms. The van der Waals surface area contributed by atoms with Gasteiger partial charge in [-0.2, -0.15) is 0 Å². The first-order valence-electron chi connectivity index (χ1n) is 10.3. The van der Waals surface area contributed by atoms with Crippen molar-refractivity contribution >= 4 is 29.8 Å². The van der Waals surface area contributed by atoms with Crippen LogP contribution in [0.4, 0.5) is 5.69 Å². The van der Waals surface area contributed by atoms with Crippen LogP contribution in [-0.2, 0) is 4.79 Å². The average Bonchev–Trinajstić information content (AvgIpc) is 2.86. The minimum Gasteiger partial charge on any atom is -0.496 e. The van der Waals surface area contributed by atoms with Crippen molar-refractivity contribution in [1.29, 1.82) is 0 Å². The second kappa shape index (κ2) is 11.4. The van der Waals surface area contributed by atoms with Crippen LogP contribution in [-0.4, -0.2) is 34.3 Å². The van der Waals surface area contributed by atoms with E-state index in [0.717, 1.165) is 16.7 Å². The van der Waals surface area contributed by atoms with E-state index in [1.807, 2.05) is 72.8 Å². The lowest BCUT2D eigenvalue weighted by Crippen LogP contribution is -2.08. The Balaban J connectivity index is 1.80. The maximum Gasteiger partial charge on any atom is 0.248 e. The largest absolute Gasteiger partial charge is 0.496 e. The molecule has 170 valence electrons. The van der Waals surface area contributed by atoms with Crippen molar-refractivity contribution in [3.8, 4) is 23.0 Å². The SMILES string of the molecule is COc1ccccc1/C=C/C(=O)Nc1ccccc1/C=C/c1cc(OC)c(OC)c(OC)c1. The molecule has 0 aliphatic carbocycles. The van der Waals surface area contributed by atoms with E-state index in [0.29, 0.717) is 28.7 Å². The van der Waals surface area contributed by atoms with Crippen molar-refractivity contribution in [2.45, 2.75) is 0 Å². The molecule has 0 radical (unpaired) electrons. The first-order chi connectivity index (χ1) is 16.1. The Bertz CT molecular complexity index is 1140. The highest BCUT2D eigenvalue weighted by atomic mass is 16.5. The molecule has 0 aromatic heterocycles. The van der Waals surface area contributed by atoms with Gasteiger partial charge in [-0.1, -0.05) is 48.6 Å². The quantitative estimate of drug-likeness (QED) is 0.346. The fourth-order valence-electron chi connectivity index (χ4n) is 3.28. The van der Waals surface area contributed by atoms with E-state index in [1.165, 1.54) is 6.08 Å². The smallest absolute Gasteiger partial charge is 0.248 e. The van der Waals surface area contributed by atoms with Crippen molar-refractivity contribution in [3.05, 3.63) is 83.4 Å². The van der Waals surface area contributed by atoms with Crippen LogP contribution in [0.25, 0.3) is 18.2 Å². The molecule has 0 aliphatic heterocycles. The standard InChI is InChI=1S/C27H27NO5/c1-30-23-12-8-6-10-21(23)15-16-26(29)28-22-11-7-5-9-20(22)14-13-19-17-24(31-2)27(33-4)25(18-19)32-3/h5-18H,1-4H3,(H,28,29)/b14-13+,16-15+. The number of ether oxygens (including phenoxy) is 4. The highest BCUT2D eigenvalue weighted by Crippen LogP contribution is 2.38. The van der Waals surface area contributed by atoms with Crippen molar-refractivity contribution in [2.24, 2.45) is 0 Å². The van der Waals surface area contributed by atoms with E-state index in [2.05, 4.69) is 5.32 Å². The number of anilines is 1. The van der Waals surface area contributed by atoms with Gasteiger partial charge in [0.2, 0.25) is 11.7 Å². The Morgan fingerprint density at radius 1 is 0.697 bits per heavy atom. The summed E-state index contributed by atoms with van der Waals surface area (Å²) in [5, 5.41) is 2.93. The fourth-order valence-corrected chi connectivity index (χ4v) is 3.28. The number of hydrogen-bond donors (Lipinski definition) is 1. The van der Waals surface area contributed by atoms with Crippen LogP contribution in [0.1, 0.15) is 16.7 Å². The van der Waals surface area contributed by atoms with Gasteiger partial charge in [-0.05, 0) is 41.5 Å². The molecule has 3 aromatic carbocycles. The zero-order valence-electron chi connectivity index (χ0n) is 19.1. The van der Waals surface area contributed by atoms with Gasteiger partial charge in [0.25, 0.3) is 0 Å². The molecule has 0 saturated carbocycles. The number of carbonyl (C=O) groups is 1. The molecule has 6 heteroatoms. The second-order valence-electron chi connectivity index (χ2n) is 6.94. The van der Waals surface area contributed by atoms with Gasteiger partial charge in [0.05, 0.1) is 28.4 Å². The zero-order valence-corrected chi connectivity index (χ0v) is 19.1. The average molecular weight is 446 g/mol. The van der Waals surface area contributed by atoms with Crippen LogP contribution < -0.4 is 24.3 Å². The topological polar surface area (TPSA) is 66.0 Å². The molecule has 6 nitrogen and oxygen atoms in total. The molecular formula is C27H27NO5. The third-order valence-corrected chi connectivity index (χ3v) is 4.91. The summed E-state index contributed by atoms with van der Waals surface area (Å²) in [6.45, 7) is 0. The van der Waals surface area contributed by atoms with E-state index in [4.69, 9.17) is 18.9 Å². The van der Waals surface area contributed by atoms with Crippen LogP contribution in [0, 0.1) is 0 Å². The normalized spacial score (nSPS) is 10.9. The Hall–Kier alpha value is -4.19. The number of carbonyl (C=O) groups excluding carboxylic acids is 1. The van der Waals surface area contributed by atoms with Gasteiger partial charge in [-0.15, -0.1) is 0 Å². The van der Waals surface area contributed by atoms with E-state index in [-0.39, 0.29) is 5.91 Å². The summed E-state index contributed by atoms with van der Waals surface area (Å²) in [5.74, 6) is 2.13. The highest BCUT2D eigenvalue weighted by Gasteiger charge is 2.12. The number of para-hydroxylation sites is 2. The summed E-state index contributed by atoms with van der Waals surface area (Å²) >= 11 is 0. The van der Waals surface area contributed by atoms with Gasteiger partial charge in [-0.25, -0.2) is 0 Å². The van der Waals surface area contributed by atoms with Crippen LogP contribution >= 0.6 is 0 Å². The molecule has 0 aliphatic rings. The van der Waals surface area contributed by atoms with Gasteiger partial charge in [0.15, 0.2) is 11.5 Å². The van der Waals surface area contributed by atoms with E-state index in [9.17, 15) is 4.79 Å². The van der Waals surface area contributed by atoms with Crippen LogP contribution in [0.2, 0.25) is 0 Å². The van der Waals surface area contributed by atoms with Crippen LogP contribution in [0.5, 0.6) is 23.0 Å². The minimum absolute atomic E-state index is 0.241. The predicted octanol–water partition coefficient (Wildman–Crippen LogP) is 5.54. The summed E-state index contributed by atoms with van der Waals surface area (Å²) in [6.07, 6.45) is 7.04. The molecule has 3 aromatic rings. The monoisotopic (exact) mass is 445 g/mol. The molecule has 0 saturated heterocycles. The van der Waals surface area contributed by atoms with Gasteiger partial charge in [0.1, 0.15) is 5.75 Å². The lowest BCUT2D eigenvalue weighted by atomic mass is 10.1. The molecule has 1 amide bonds. The summed E-state index contributed by atoms with van der Waals surface area (Å²) in [4.78, 5) is 12.5. The van der Waals surface area contributed by atoms with Crippen LogP contribution in [0.15, 0.2) is 66.7 Å². The summed E-state index contributed by atoms with van der Waals surface area (Å²) < 4.78 is 21.5. The lowest BCUT2D eigenvalue weighted by molar-refractivity contribution is -0.111. The maximum absolute atomic E-state index is 12.5. The van der Waals surface area contributed by atoms with E-state index in [1.54, 1.807) is 34.5 Å². The van der Waals surface area contributed by atoms with Gasteiger partial charge >= 0.3 is 0 Å². The molecule has 1 N–H and O–H groups in total. The summed E-state index contributed by atoms with van der Waals surface area (Å²) in [7, 11) is 6.32. The number of nitrogens with one attached hydrogen (secondary N) is 1. The molecule has 0 heterocycles. The van der Waals surface area contributed by atoms with Crippen molar-refractivity contribution < 1.29 is 23.7 Å². The number of amides is 1. The maximum atomic E-state index is 12.5. The van der Waals surface area contributed by atoms with Crippen molar-refractivity contribution in [1.82, 2.24) is 0 Å². The van der Waals surface area contributed by atoms with Crippen molar-refractivity contribution in [3.63, 3.8) is 0 Å². The van der Waals surface area contributed by atoms with Gasteiger partial charge in [-0.3, -0.25) is 4.79 Å². The fraction of sp³-hybridized carbons (Fsp3) is 0.148. The Morgan fingerprint density at radius 3 is 1.94 bits per heavy atom. The Kier molecular flexibility index (Phi) is 8.13. The number of rotatable bonds is 9. The highest BCUT2D eigenvalue weighted by molar-refractivity contribution is 6.03. The third-order valence-electron chi connectivity index (χ3n) is 4.91. The molecule has 0 atom stereocenters. The summed E-state index contributed by atoms with van der Waals surface area (Å²) in [6, 6.07) is 18.8. The molecule has 3 rings (SSSR count). The minimum atomic E-state index is -0.241. The zero-order chi connectivity index (χ0) is 23.6. The lowest BCUT2D eigenvalue weighted by Gasteiger charge is -2.13. The first-order valence-corrected chi connectivity index (χ1v) is 10.3. The first kappa shape index (κ1) is 23.5. The van der Waals surface area contributed by atoms with Gasteiger partial charge < -0.3 is 24.3 Å². The molecule has 0 spiro atoms. The number of methoxy groups -OCH3 is 4. The molecule has 0 bridgehead atoms. The predicted molar refractivity (Wildman–Crippen MR) is 132 cm³/mol. The molecule has 0 fully saturated rings. The number of hydrogen-bond acceptors (Lipinski definition) is 5. The Labute approximate surface area is 194 Å². The van der Waals surface area contributed by atoms with E-state index < -0.39 is 0 Å². The van der Waals surface area contributed by atoms with Crippen LogP contribution in [0.3, 0.4) is 0 Å². The number of benzene rings is 3. The Morgan fingerprint density at radius 2 is 1.30 bits per heavy atom.